The fourth-order valence-electron chi connectivity index (χ4n) is 2.91. The maximum Gasteiger partial charge on any atom is 0.437 e. The van der Waals surface area contributed by atoms with Crippen molar-refractivity contribution in [2.45, 2.75) is 27.7 Å². The van der Waals surface area contributed by atoms with Crippen LogP contribution in [-0.4, -0.2) is 58.6 Å². The van der Waals surface area contributed by atoms with Crippen LogP contribution in [-0.2, 0) is 0 Å². The van der Waals surface area contributed by atoms with Crippen LogP contribution >= 0.6 is 0 Å². The summed E-state index contributed by atoms with van der Waals surface area (Å²) in [6, 6.07) is -1.78. The first-order valence-corrected chi connectivity index (χ1v) is 8.05. The van der Waals surface area contributed by atoms with Crippen molar-refractivity contribution in [2.75, 3.05) is 26.2 Å². The van der Waals surface area contributed by atoms with E-state index in [1.165, 1.54) is 0 Å². The van der Waals surface area contributed by atoms with Crippen molar-refractivity contribution < 1.29 is 18.9 Å². The van der Waals surface area contributed by atoms with Crippen molar-refractivity contribution in [3.63, 3.8) is 0 Å². The van der Waals surface area contributed by atoms with Crippen LogP contribution in [0.1, 0.15) is 27.7 Å². The van der Waals surface area contributed by atoms with E-state index in [1.807, 2.05) is 0 Å². The first kappa shape index (κ1) is 20.6. The Labute approximate surface area is 150 Å². The lowest BCUT2D eigenvalue weighted by Gasteiger charge is -2.43. The van der Waals surface area contributed by atoms with E-state index in [2.05, 4.69) is 26.3 Å². The Balaban J connectivity index is 3.55. The van der Waals surface area contributed by atoms with Crippen LogP contribution in [0, 0.1) is 0 Å². The number of hydrogen-bond acceptors (Lipinski definition) is 3. The van der Waals surface area contributed by atoms with E-state index >= 15 is 0 Å². The summed E-state index contributed by atoms with van der Waals surface area (Å²) >= 11 is 0. The van der Waals surface area contributed by atoms with Gasteiger partial charge in [0.05, 0.1) is 13.1 Å². The second-order valence-corrected chi connectivity index (χ2v) is 7.13. The van der Waals surface area contributed by atoms with Crippen LogP contribution in [0.2, 0.25) is 0 Å². The minimum atomic E-state index is -0.641. The van der Waals surface area contributed by atoms with Gasteiger partial charge in [0.1, 0.15) is 13.1 Å². The Bertz CT molecular complexity index is 619. The molecule has 1 fully saturated rings. The van der Waals surface area contributed by atoms with E-state index in [1.54, 1.807) is 27.7 Å². The molecule has 0 atom stereocenters. The van der Waals surface area contributed by atoms with Gasteiger partial charge < -0.3 is 0 Å². The van der Waals surface area contributed by atoms with Crippen molar-refractivity contribution in [1.82, 2.24) is 9.80 Å². The summed E-state index contributed by atoms with van der Waals surface area (Å²) in [5.74, 6) is 0. The fraction of sp³-hybridized carbons (Fsp3) is 0.421. The quantitative estimate of drug-likeness (QED) is 0.491. The zero-order valence-corrected chi connectivity index (χ0v) is 15.7. The van der Waals surface area contributed by atoms with Crippen molar-refractivity contribution in [1.29, 1.82) is 0 Å². The monoisotopic (exact) mass is 346 g/mol. The number of rotatable bonds is 8. The second-order valence-electron chi connectivity index (χ2n) is 7.13. The highest BCUT2D eigenvalue weighted by atomic mass is 16.2. The lowest BCUT2D eigenvalue weighted by atomic mass is 10.1. The van der Waals surface area contributed by atoms with Gasteiger partial charge in [-0.1, -0.05) is 37.5 Å². The van der Waals surface area contributed by atoms with Crippen molar-refractivity contribution in [3.8, 4) is 0 Å². The number of hydrogen-bond donors (Lipinski definition) is 0. The second kappa shape index (κ2) is 7.61. The molecular weight excluding hydrogens is 318 g/mol. The van der Waals surface area contributed by atoms with Gasteiger partial charge in [-0.3, -0.25) is 0 Å². The summed E-state index contributed by atoms with van der Waals surface area (Å²) in [6.07, 6.45) is 0. The molecule has 136 valence electrons. The Hall–Kier alpha value is -2.47. The van der Waals surface area contributed by atoms with E-state index in [4.69, 9.17) is 0 Å². The van der Waals surface area contributed by atoms with Gasteiger partial charge in [-0.2, -0.15) is 4.48 Å². The smallest absolute Gasteiger partial charge is 0.247 e. The summed E-state index contributed by atoms with van der Waals surface area (Å²) in [5.41, 5.74) is 2.64. The molecule has 6 nitrogen and oxygen atoms in total. The van der Waals surface area contributed by atoms with Crippen molar-refractivity contribution in [3.05, 3.63) is 48.6 Å². The number of nitrogens with zero attached hydrogens (tertiary/aromatic N) is 3. The predicted octanol–water partition coefficient (Wildman–Crippen LogP) is 4.09. The van der Waals surface area contributed by atoms with Gasteiger partial charge in [0.25, 0.3) is 0 Å². The van der Waals surface area contributed by atoms with Crippen LogP contribution in [0.25, 0.3) is 0 Å². The van der Waals surface area contributed by atoms with Gasteiger partial charge in [0.2, 0.25) is 0 Å². The van der Waals surface area contributed by atoms with Crippen LogP contribution in [0.15, 0.2) is 48.6 Å². The van der Waals surface area contributed by atoms with Crippen LogP contribution in [0.3, 0.4) is 0 Å². The molecule has 0 aromatic heterocycles. The number of carbonyl (C=O) groups excluding carboxylic acids is 3. The maximum absolute atomic E-state index is 13.2. The number of amides is 6. The average molecular weight is 346 g/mol. The van der Waals surface area contributed by atoms with E-state index in [0.717, 1.165) is 9.80 Å². The van der Waals surface area contributed by atoms with Crippen LogP contribution < -0.4 is 0 Å². The molecule has 0 aromatic carbocycles. The highest BCUT2D eigenvalue weighted by Crippen LogP contribution is 2.28. The van der Waals surface area contributed by atoms with Gasteiger partial charge in [0, 0.05) is 0 Å². The molecular formula is C19H28N3O3+. The van der Waals surface area contributed by atoms with Gasteiger partial charge in [0.15, 0.2) is 0 Å². The molecule has 6 heteroatoms. The number of quaternary nitrogens is 1. The largest absolute Gasteiger partial charge is 0.437 e. The SMILES string of the molecule is C=C(C)CN1C(=O)N(CC(=C)C)C(=O)[N+](CC(=C)C)(CC(=C)C)C1=O. The molecule has 6 amide bonds. The number of carbonyl (C=O) groups is 3. The van der Waals surface area contributed by atoms with Crippen molar-refractivity contribution in [2.24, 2.45) is 0 Å². The normalized spacial score (nSPS) is 16.9. The van der Waals surface area contributed by atoms with Crippen LogP contribution in [0.5, 0.6) is 0 Å². The van der Waals surface area contributed by atoms with Crippen LogP contribution in [0.4, 0.5) is 14.4 Å². The zero-order chi connectivity index (χ0) is 19.5. The van der Waals surface area contributed by atoms with Gasteiger partial charge >= 0.3 is 18.1 Å². The Morgan fingerprint density at radius 3 is 1.28 bits per heavy atom. The highest BCUT2D eigenvalue weighted by Gasteiger charge is 2.58. The summed E-state index contributed by atoms with van der Waals surface area (Å²) in [4.78, 5) is 41.3. The molecule has 0 aromatic rings. The maximum atomic E-state index is 13.2. The average Bonchev–Trinajstić information content (AvgIpc) is 2.44. The third-order valence-electron chi connectivity index (χ3n) is 3.59. The minimum Gasteiger partial charge on any atom is -0.247 e. The van der Waals surface area contributed by atoms with Gasteiger partial charge in [-0.05, 0) is 38.8 Å². The molecule has 0 unspecified atom stereocenters. The van der Waals surface area contributed by atoms with Gasteiger partial charge in [-0.25, -0.2) is 24.2 Å². The first-order valence-electron chi connectivity index (χ1n) is 8.05. The van der Waals surface area contributed by atoms with E-state index < -0.39 is 22.6 Å². The molecule has 1 rings (SSSR count). The van der Waals surface area contributed by atoms with E-state index in [9.17, 15) is 14.4 Å². The highest BCUT2D eigenvalue weighted by molar-refractivity contribution is 6.06. The fourth-order valence-corrected chi connectivity index (χ4v) is 2.91. The molecule has 1 saturated heterocycles. The van der Waals surface area contributed by atoms with Gasteiger partial charge in [-0.15, -0.1) is 0 Å². The molecule has 0 aliphatic carbocycles. The molecule has 0 radical (unpaired) electrons. The molecule has 25 heavy (non-hydrogen) atoms. The molecule has 1 heterocycles. The molecule has 0 bridgehead atoms. The van der Waals surface area contributed by atoms with Crippen molar-refractivity contribution >= 4 is 18.1 Å². The third-order valence-corrected chi connectivity index (χ3v) is 3.59. The Morgan fingerprint density at radius 1 is 0.720 bits per heavy atom. The molecule has 0 saturated carbocycles. The summed E-state index contributed by atoms with van der Waals surface area (Å²) in [7, 11) is 0. The standard InChI is InChI=1S/C19H28N3O3/c1-13(2)9-20-17(23)21(10-14(3)4)19(25)22(18(20)24,11-15(5)6)12-16(7)8/h1,3,5,7,9-12H2,2,4,6,8H3/q+1. The zero-order valence-electron chi connectivity index (χ0n) is 15.7. The minimum absolute atomic E-state index is 0.0595. The molecule has 1 aliphatic rings. The first-order chi connectivity index (χ1) is 11.4. The molecule has 0 N–H and O–H groups in total. The molecule has 1 aliphatic heterocycles. The number of imide groups is 3. The lowest BCUT2D eigenvalue weighted by molar-refractivity contribution is -0.767. The topological polar surface area (TPSA) is 57.7 Å². The number of urea groups is 3. The molecule has 0 spiro atoms. The third kappa shape index (κ3) is 4.33. The summed E-state index contributed by atoms with van der Waals surface area (Å²) < 4.78 is -0.559. The lowest BCUT2D eigenvalue weighted by Crippen LogP contribution is -2.74. The van der Waals surface area contributed by atoms with E-state index in [-0.39, 0.29) is 26.2 Å². The van der Waals surface area contributed by atoms with E-state index in [0.29, 0.717) is 22.3 Å². The Kier molecular flexibility index (Phi) is 6.26. The summed E-state index contributed by atoms with van der Waals surface area (Å²) in [5, 5.41) is 0. The predicted molar refractivity (Wildman–Crippen MR) is 98.9 cm³/mol. The Morgan fingerprint density at radius 2 is 1.04 bits per heavy atom. The summed E-state index contributed by atoms with van der Waals surface area (Å²) in [6.45, 7) is 22.6.